The molecule has 0 aromatic heterocycles. The lowest BCUT2D eigenvalue weighted by molar-refractivity contribution is -0.140. The van der Waals surface area contributed by atoms with Crippen LogP contribution in [0.3, 0.4) is 0 Å². The molecule has 0 saturated heterocycles. The summed E-state index contributed by atoms with van der Waals surface area (Å²) in [6.07, 6.45) is 23.0. The van der Waals surface area contributed by atoms with E-state index in [4.69, 9.17) is 4.74 Å². The molecule has 1 N–H and O–H groups in total. The number of halogens is 6. The van der Waals surface area contributed by atoms with Crippen LogP contribution in [0.15, 0.2) is 0 Å². The van der Waals surface area contributed by atoms with Gasteiger partial charge in [-0.25, -0.2) is 21.6 Å². The SMILES string of the molecule is CCCOC(=O)C[P+](C1CCCCC1)(C1CCCCC1)C1CCCCC1.O=S(=O)(NS(=O)(=O)C(F)(F)F)C(F)(F)F. The van der Waals surface area contributed by atoms with Gasteiger partial charge in [-0.05, 0) is 83.5 Å². The minimum atomic E-state index is -6.60. The number of ether oxygens (including phenoxy) is 1. The predicted octanol–water partition coefficient (Wildman–Crippen LogP) is 7.23. The maximum Gasteiger partial charge on any atom is 0.512 e. The number of alkyl halides is 6. The first-order chi connectivity index (χ1) is 19.0. The summed E-state index contributed by atoms with van der Waals surface area (Å²) in [5.74, 6) is 0.168. The van der Waals surface area contributed by atoms with Crippen molar-refractivity contribution in [3.63, 3.8) is 0 Å². The van der Waals surface area contributed by atoms with Gasteiger partial charge in [-0.3, -0.25) is 0 Å². The Morgan fingerprint density at radius 2 is 1.00 bits per heavy atom. The van der Waals surface area contributed by atoms with Gasteiger partial charge in [0.25, 0.3) is 0 Å². The Hall–Kier alpha value is -0.660. The Morgan fingerprint density at radius 1 is 0.683 bits per heavy atom. The van der Waals surface area contributed by atoms with Crippen molar-refractivity contribution in [3.05, 3.63) is 0 Å². The van der Waals surface area contributed by atoms with Crippen LogP contribution in [-0.4, -0.2) is 63.6 Å². The summed E-state index contributed by atoms with van der Waals surface area (Å²) in [5, 5.41) is 0. The highest BCUT2D eigenvalue weighted by atomic mass is 32.3. The number of hydrogen-bond acceptors (Lipinski definition) is 6. The van der Waals surface area contributed by atoms with Gasteiger partial charge in [-0.15, -0.1) is 0 Å². The second kappa shape index (κ2) is 15.4. The maximum absolute atomic E-state index is 13.0. The van der Waals surface area contributed by atoms with Crippen molar-refractivity contribution >= 4 is 33.3 Å². The molecule has 3 aliphatic rings. The third-order valence-corrected chi connectivity index (χ3v) is 17.9. The first-order valence-electron chi connectivity index (χ1n) is 14.4. The van der Waals surface area contributed by atoms with E-state index in [2.05, 4.69) is 6.92 Å². The van der Waals surface area contributed by atoms with Gasteiger partial charge in [0.2, 0.25) is 0 Å². The summed E-state index contributed by atoms with van der Waals surface area (Å²) in [4.78, 5) is 13.0. The first kappa shape index (κ1) is 36.5. The van der Waals surface area contributed by atoms with Crippen LogP contribution in [0.25, 0.3) is 0 Å². The molecule has 0 radical (unpaired) electrons. The van der Waals surface area contributed by atoms with E-state index in [1.807, 2.05) is 0 Å². The maximum atomic E-state index is 13.0. The fraction of sp³-hybridized carbons (Fsp3) is 0.960. The topological polar surface area (TPSA) is 107 Å². The average Bonchev–Trinajstić information content (AvgIpc) is 2.90. The lowest BCUT2D eigenvalue weighted by Gasteiger charge is -2.48. The van der Waals surface area contributed by atoms with Crippen LogP contribution in [0.1, 0.15) is 110 Å². The van der Waals surface area contributed by atoms with E-state index in [1.165, 1.54) is 96.3 Å². The van der Waals surface area contributed by atoms with Crippen molar-refractivity contribution in [1.82, 2.24) is 4.13 Å². The average molecular weight is 663 g/mol. The van der Waals surface area contributed by atoms with Gasteiger partial charge >= 0.3 is 37.0 Å². The molecule has 0 bridgehead atoms. The standard InChI is InChI=1S/C23H42O2P.C2HF6NO4S2/c1-2-18-25-23(24)19-26(20-12-6-3-7-13-20,21-14-8-4-9-15-21)22-16-10-5-11-17-22;3-1(4,5)14(10,11)9-15(12,13)2(6,7)8/h20-22H,2-19H2,1H3;9H/q+1;. The van der Waals surface area contributed by atoms with Crippen molar-refractivity contribution in [2.45, 2.75) is 138 Å². The molecule has 0 aromatic rings. The largest absolute Gasteiger partial charge is 0.512 e. The van der Waals surface area contributed by atoms with Crippen LogP contribution in [0.4, 0.5) is 26.3 Å². The molecule has 41 heavy (non-hydrogen) atoms. The number of esters is 1. The molecule has 0 spiro atoms. The van der Waals surface area contributed by atoms with E-state index >= 15 is 0 Å². The second-order valence-corrected chi connectivity index (χ2v) is 19.3. The molecule has 242 valence electrons. The smallest absolute Gasteiger partial charge is 0.463 e. The van der Waals surface area contributed by atoms with Crippen molar-refractivity contribution in [2.24, 2.45) is 0 Å². The zero-order chi connectivity index (χ0) is 31.0. The molecular weight excluding hydrogens is 619 g/mol. The van der Waals surface area contributed by atoms with Crippen LogP contribution >= 0.6 is 7.26 Å². The van der Waals surface area contributed by atoms with Gasteiger partial charge < -0.3 is 4.74 Å². The lowest BCUT2D eigenvalue weighted by Crippen LogP contribution is -2.45. The molecule has 0 unspecified atom stereocenters. The normalized spacial score (nSPS) is 21.1. The fourth-order valence-electron chi connectivity index (χ4n) is 6.69. The molecule has 16 heteroatoms. The van der Waals surface area contributed by atoms with Gasteiger partial charge in [0.05, 0.1) is 23.6 Å². The molecule has 0 amide bonds. The first-order valence-corrected chi connectivity index (χ1v) is 19.6. The molecule has 3 fully saturated rings. The minimum Gasteiger partial charge on any atom is -0.463 e. The predicted molar refractivity (Wildman–Crippen MR) is 147 cm³/mol. The Balaban J connectivity index is 0.000000337. The Kier molecular flexibility index (Phi) is 13.7. The monoisotopic (exact) mass is 662 g/mol. The van der Waals surface area contributed by atoms with Crippen LogP contribution < -0.4 is 4.13 Å². The number of hydrogen-bond donors (Lipinski definition) is 1. The highest BCUT2D eigenvalue weighted by molar-refractivity contribution is 8.05. The van der Waals surface area contributed by atoms with Crippen LogP contribution in [0, 0.1) is 0 Å². The van der Waals surface area contributed by atoms with Crippen molar-refractivity contribution < 1.29 is 52.7 Å². The zero-order valence-electron chi connectivity index (χ0n) is 23.4. The Bertz CT molecular complexity index is 946. The second-order valence-electron chi connectivity index (χ2n) is 11.2. The Labute approximate surface area is 240 Å². The van der Waals surface area contributed by atoms with Crippen LogP contribution in [0.2, 0.25) is 0 Å². The molecule has 7 nitrogen and oxygen atoms in total. The number of rotatable bonds is 9. The van der Waals surface area contributed by atoms with Gasteiger partial charge in [0.1, 0.15) is 0 Å². The van der Waals surface area contributed by atoms with E-state index in [0.717, 1.165) is 29.6 Å². The summed E-state index contributed by atoms with van der Waals surface area (Å²) >= 11 is 0. The molecule has 0 atom stereocenters. The van der Waals surface area contributed by atoms with Crippen LogP contribution in [0.5, 0.6) is 0 Å². The van der Waals surface area contributed by atoms with Crippen LogP contribution in [-0.2, 0) is 29.6 Å². The summed E-state index contributed by atoms with van der Waals surface area (Å²) in [6, 6.07) is 0. The van der Waals surface area contributed by atoms with E-state index in [9.17, 15) is 48.0 Å². The quantitative estimate of drug-likeness (QED) is 0.159. The van der Waals surface area contributed by atoms with Gasteiger partial charge in [0.15, 0.2) is 6.16 Å². The summed E-state index contributed by atoms with van der Waals surface area (Å²) < 4.78 is 114. The number of carbonyl (C=O) groups excluding carboxylic acids is 1. The van der Waals surface area contributed by atoms with Gasteiger partial charge in [0, 0.05) is 7.26 Å². The van der Waals surface area contributed by atoms with E-state index in [1.54, 1.807) is 0 Å². The summed E-state index contributed by atoms with van der Waals surface area (Å²) in [7, 11) is -14.5. The summed E-state index contributed by atoms with van der Waals surface area (Å²) in [5.41, 5.74) is -9.64. The third-order valence-electron chi connectivity index (χ3n) is 8.46. The highest BCUT2D eigenvalue weighted by Crippen LogP contribution is 2.77. The van der Waals surface area contributed by atoms with E-state index in [-0.39, 0.29) is 5.97 Å². The number of carbonyl (C=O) groups is 1. The molecule has 0 aromatic carbocycles. The highest BCUT2D eigenvalue weighted by Gasteiger charge is 2.58. The molecular formula is C25H43F6NO6PS2+. The molecule has 0 aliphatic heterocycles. The third kappa shape index (κ3) is 9.93. The van der Waals surface area contributed by atoms with Crippen molar-refractivity contribution in [2.75, 3.05) is 12.8 Å². The zero-order valence-corrected chi connectivity index (χ0v) is 26.0. The number of sulfonamides is 2. The van der Waals surface area contributed by atoms with E-state index in [0.29, 0.717) is 6.61 Å². The number of nitrogens with one attached hydrogen (secondary N) is 1. The minimum absolute atomic E-state index is 0.168. The van der Waals surface area contributed by atoms with Gasteiger partial charge in [-0.2, -0.15) is 26.3 Å². The van der Waals surface area contributed by atoms with E-state index < -0.39 is 42.5 Å². The lowest BCUT2D eigenvalue weighted by atomic mass is 9.99. The molecule has 0 heterocycles. The molecule has 3 saturated carbocycles. The molecule has 3 rings (SSSR count). The Morgan fingerprint density at radius 3 is 1.27 bits per heavy atom. The fourth-order valence-corrected chi connectivity index (χ4v) is 15.7. The van der Waals surface area contributed by atoms with Crippen molar-refractivity contribution in [1.29, 1.82) is 0 Å². The van der Waals surface area contributed by atoms with Gasteiger partial charge in [-0.1, -0.05) is 30.3 Å². The van der Waals surface area contributed by atoms with Crippen molar-refractivity contribution in [3.8, 4) is 0 Å². The summed E-state index contributed by atoms with van der Waals surface area (Å²) in [6.45, 7) is 2.73. The molecule has 3 aliphatic carbocycles.